The molecule has 0 bridgehead atoms. The van der Waals surface area contributed by atoms with Gasteiger partial charge in [0, 0.05) is 18.6 Å². The molecule has 1 saturated carbocycles. The zero-order valence-electron chi connectivity index (χ0n) is 12.8. The minimum atomic E-state index is 0.112. The van der Waals surface area contributed by atoms with Crippen molar-refractivity contribution in [1.82, 2.24) is 4.90 Å². The highest BCUT2D eigenvalue weighted by molar-refractivity contribution is 5.22. The van der Waals surface area contributed by atoms with Crippen molar-refractivity contribution < 1.29 is 5.11 Å². The standard InChI is InChI=1S/C17H28N2O/c1-14-7-9-17(13-18,10-8-14)19(2)11-15-3-5-16(12-20)6-4-15/h3-6,14,20H,7-13,18H2,1-2H3. The van der Waals surface area contributed by atoms with Gasteiger partial charge in [-0.25, -0.2) is 0 Å². The van der Waals surface area contributed by atoms with Gasteiger partial charge in [0.1, 0.15) is 0 Å². The van der Waals surface area contributed by atoms with Gasteiger partial charge in [0.15, 0.2) is 0 Å². The lowest BCUT2D eigenvalue weighted by atomic mass is 9.76. The third kappa shape index (κ3) is 3.40. The molecule has 1 aliphatic carbocycles. The van der Waals surface area contributed by atoms with E-state index >= 15 is 0 Å². The van der Waals surface area contributed by atoms with Crippen LogP contribution in [0.3, 0.4) is 0 Å². The van der Waals surface area contributed by atoms with E-state index in [4.69, 9.17) is 10.8 Å². The first-order valence-electron chi connectivity index (χ1n) is 7.69. The minimum absolute atomic E-state index is 0.112. The number of aliphatic hydroxyl groups is 1. The molecule has 0 radical (unpaired) electrons. The fraction of sp³-hybridized carbons (Fsp3) is 0.647. The molecule has 1 aromatic rings. The molecule has 1 aliphatic rings. The van der Waals surface area contributed by atoms with Gasteiger partial charge in [-0.3, -0.25) is 4.90 Å². The Kier molecular flexibility index (Phi) is 5.19. The van der Waals surface area contributed by atoms with Gasteiger partial charge in [-0.1, -0.05) is 31.2 Å². The third-order valence-electron chi connectivity index (χ3n) is 5.02. The van der Waals surface area contributed by atoms with Crippen molar-refractivity contribution in [3.05, 3.63) is 35.4 Å². The summed E-state index contributed by atoms with van der Waals surface area (Å²) in [5.41, 5.74) is 8.53. The van der Waals surface area contributed by atoms with Gasteiger partial charge >= 0.3 is 0 Å². The molecule has 0 unspecified atom stereocenters. The Labute approximate surface area is 122 Å². The maximum absolute atomic E-state index is 9.09. The quantitative estimate of drug-likeness (QED) is 0.869. The Bertz CT molecular complexity index is 408. The van der Waals surface area contributed by atoms with Crippen molar-refractivity contribution in [1.29, 1.82) is 0 Å². The first-order valence-corrected chi connectivity index (χ1v) is 7.69. The van der Waals surface area contributed by atoms with E-state index < -0.39 is 0 Å². The highest BCUT2D eigenvalue weighted by atomic mass is 16.3. The molecule has 1 fully saturated rings. The molecule has 1 aromatic carbocycles. The molecule has 0 amide bonds. The maximum Gasteiger partial charge on any atom is 0.0681 e. The molecule has 2 rings (SSSR count). The summed E-state index contributed by atoms with van der Waals surface area (Å²) in [6, 6.07) is 8.22. The van der Waals surface area contributed by atoms with Crippen LogP contribution in [0.5, 0.6) is 0 Å². The van der Waals surface area contributed by atoms with Crippen LogP contribution in [-0.4, -0.2) is 29.1 Å². The molecule has 0 spiro atoms. The molecule has 112 valence electrons. The van der Waals surface area contributed by atoms with Crippen molar-refractivity contribution in [3.63, 3.8) is 0 Å². The number of likely N-dealkylation sites (N-methyl/N-ethyl adjacent to an activating group) is 1. The van der Waals surface area contributed by atoms with Crippen LogP contribution >= 0.6 is 0 Å². The van der Waals surface area contributed by atoms with Crippen molar-refractivity contribution in [3.8, 4) is 0 Å². The summed E-state index contributed by atoms with van der Waals surface area (Å²) < 4.78 is 0. The summed E-state index contributed by atoms with van der Waals surface area (Å²) in [4.78, 5) is 2.44. The zero-order valence-corrected chi connectivity index (χ0v) is 12.8. The molecule has 3 N–H and O–H groups in total. The Morgan fingerprint density at radius 2 is 1.75 bits per heavy atom. The maximum atomic E-state index is 9.09. The van der Waals surface area contributed by atoms with Gasteiger partial charge in [0.2, 0.25) is 0 Å². The largest absolute Gasteiger partial charge is 0.392 e. The summed E-state index contributed by atoms with van der Waals surface area (Å²) in [7, 11) is 2.20. The van der Waals surface area contributed by atoms with Gasteiger partial charge in [-0.2, -0.15) is 0 Å². The van der Waals surface area contributed by atoms with Gasteiger partial charge in [0.25, 0.3) is 0 Å². The number of aliphatic hydroxyl groups excluding tert-OH is 1. The Hall–Kier alpha value is -0.900. The molecule has 3 nitrogen and oxygen atoms in total. The summed E-state index contributed by atoms with van der Waals surface area (Å²) in [6.45, 7) is 4.12. The predicted molar refractivity (Wildman–Crippen MR) is 83.2 cm³/mol. The van der Waals surface area contributed by atoms with Crippen LogP contribution in [0.15, 0.2) is 24.3 Å². The number of benzene rings is 1. The molecule has 0 aliphatic heterocycles. The summed E-state index contributed by atoms with van der Waals surface area (Å²) >= 11 is 0. The molecule has 20 heavy (non-hydrogen) atoms. The fourth-order valence-electron chi connectivity index (χ4n) is 3.23. The highest BCUT2D eigenvalue weighted by Crippen LogP contribution is 2.35. The van der Waals surface area contributed by atoms with E-state index in [1.54, 1.807) is 0 Å². The molecule has 0 aromatic heterocycles. The van der Waals surface area contributed by atoms with Crippen molar-refractivity contribution in [2.24, 2.45) is 11.7 Å². The molecular weight excluding hydrogens is 248 g/mol. The topological polar surface area (TPSA) is 49.5 Å². The molecule has 0 heterocycles. The van der Waals surface area contributed by atoms with E-state index in [1.807, 2.05) is 12.1 Å². The Balaban J connectivity index is 2.03. The number of nitrogens with two attached hydrogens (primary N) is 1. The average molecular weight is 276 g/mol. The average Bonchev–Trinajstić information content (AvgIpc) is 2.49. The number of hydrogen-bond acceptors (Lipinski definition) is 3. The van der Waals surface area contributed by atoms with E-state index in [1.165, 1.54) is 31.2 Å². The molecule has 0 atom stereocenters. The Morgan fingerprint density at radius 1 is 1.20 bits per heavy atom. The van der Waals surface area contributed by atoms with Crippen molar-refractivity contribution in [2.75, 3.05) is 13.6 Å². The lowest BCUT2D eigenvalue weighted by Gasteiger charge is -2.45. The van der Waals surface area contributed by atoms with Gasteiger partial charge in [-0.15, -0.1) is 0 Å². The van der Waals surface area contributed by atoms with Gasteiger partial charge in [-0.05, 0) is 49.8 Å². The summed E-state index contributed by atoms with van der Waals surface area (Å²) in [5, 5.41) is 9.09. The van der Waals surface area contributed by atoms with Crippen molar-refractivity contribution >= 4 is 0 Å². The number of hydrogen-bond donors (Lipinski definition) is 2. The van der Waals surface area contributed by atoms with E-state index in [2.05, 4.69) is 31.0 Å². The smallest absolute Gasteiger partial charge is 0.0681 e. The van der Waals surface area contributed by atoms with Crippen LogP contribution in [0.2, 0.25) is 0 Å². The first kappa shape index (κ1) is 15.5. The fourth-order valence-corrected chi connectivity index (χ4v) is 3.23. The van der Waals surface area contributed by atoms with Crippen LogP contribution in [0.4, 0.5) is 0 Å². The molecule has 3 heteroatoms. The zero-order chi connectivity index (χ0) is 14.6. The first-order chi connectivity index (χ1) is 9.59. The van der Waals surface area contributed by atoms with E-state index in [0.29, 0.717) is 0 Å². The van der Waals surface area contributed by atoms with E-state index in [0.717, 1.165) is 24.6 Å². The Morgan fingerprint density at radius 3 is 2.25 bits per heavy atom. The highest BCUT2D eigenvalue weighted by Gasteiger charge is 2.36. The minimum Gasteiger partial charge on any atom is -0.392 e. The van der Waals surface area contributed by atoms with E-state index in [9.17, 15) is 0 Å². The summed E-state index contributed by atoms with van der Waals surface area (Å²) in [5.74, 6) is 0.840. The van der Waals surface area contributed by atoms with Crippen LogP contribution in [0, 0.1) is 5.92 Å². The monoisotopic (exact) mass is 276 g/mol. The SMILES string of the molecule is CC1CCC(CN)(N(C)Cc2ccc(CO)cc2)CC1. The number of rotatable bonds is 5. The van der Waals surface area contributed by atoms with Gasteiger partial charge in [0.05, 0.1) is 6.61 Å². The molecular formula is C17H28N2O. The normalized spacial score (nSPS) is 26.9. The lowest BCUT2D eigenvalue weighted by molar-refractivity contribution is 0.0616. The van der Waals surface area contributed by atoms with Gasteiger partial charge < -0.3 is 10.8 Å². The second kappa shape index (κ2) is 6.70. The van der Waals surface area contributed by atoms with Crippen LogP contribution < -0.4 is 5.73 Å². The lowest BCUT2D eigenvalue weighted by Crippen LogP contribution is -2.53. The van der Waals surface area contributed by atoms with E-state index in [-0.39, 0.29) is 12.1 Å². The van der Waals surface area contributed by atoms with Crippen molar-refractivity contribution in [2.45, 2.75) is 51.3 Å². The number of nitrogens with zero attached hydrogens (tertiary/aromatic N) is 1. The van der Waals surface area contributed by atoms with Crippen LogP contribution in [0.1, 0.15) is 43.7 Å². The second-order valence-corrected chi connectivity index (χ2v) is 6.44. The third-order valence-corrected chi connectivity index (χ3v) is 5.02. The second-order valence-electron chi connectivity index (χ2n) is 6.44. The summed E-state index contributed by atoms with van der Waals surface area (Å²) in [6.07, 6.45) is 4.97. The van der Waals surface area contributed by atoms with Crippen LogP contribution in [0.25, 0.3) is 0 Å². The predicted octanol–water partition coefficient (Wildman–Crippen LogP) is 2.52. The van der Waals surface area contributed by atoms with Crippen LogP contribution in [-0.2, 0) is 13.2 Å². The molecule has 0 saturated heterocycles.